The molecule has 20 heavy (non-hydrogen) atoms. The molecular formula is C15H19BrO4. The van der Waals surface area contributed by atoms with Gasteiger partial charge in [-0.1, -0.05) is 29.3 Å². The zero-order valence-electron chi connectivity index (χ0n) is 11.9. The topological polar surface area (TPSA) is 52.6 Å². The van der Waals surface area contributed by atoms with Crippen LogP contribution < -0.4 is 4.74 Å². The lowest BCUT2D eigenvalue weighted by atomic mass is 10.1. The lowest BCUT2D eigenvalue weighted by Gasteiger charge is -2.18. The van der Waals surface area contributed by atoms with E-state index >= 15 is 0 Å². The van der Waals surface area contributed by atoms with Crippen molar-refractivity contribution in [1.29, 1.82) is 0 Å². The Labute approximate surface area is 127 Å². The van der Waals surface area contributed by atoms with Gasteiger partial charge in [0.25, 0.3) is 0 Å². The molecule has 0 saturated carbocycles. The molecule has 1 aromatic carbocycles. The van der Waals surface area contributed by atoms with E-state index in [-0.39, 0.29) is 5.78 Å². The summed E-state index contributed by atoms with van der Waals surface area (Å²) in [6, 6.07) is 5.14. The van der Waals surface area contributed by atoms with Gasteiger partial charge in [-0.3, -0.25) is 4.79 Å². The van der Waals surface area contributed by atoms with Crippen molar-refractivity contribution in [3.8, 4) is 5.75 Å². The highest BCUT2D eigenvalue weighted by molar-refractivity contribution is 9.10. The zero-order valence-corrected chi connectivity index (χ0v) is 13.5. The van der Waals surface area contributed by atoms with Crippen molar-refractivity contribution in [2.75, 3.05) is 6.61 Å². The Bertz CT molecular complexity index is 485. The summed E-state index contributed by atoms with van der Waals surface area (Å²) in [6.45, 7) is 5.49. The maximum atomic E-state index is 11.8. The van der Waals surface area contributed by atoms with Crippen LogP contribution >= 0.6 is 15.9 Å². The second-order valence-corrected chi connectivity index (χ2v) is 5.26. The summed E-state index contributed by atoms with van der Waals surface area (Å²) in [5.74, 6) is -0.0978. The molecule has 0 aliphatic carbocycles. The lowest BCUT2D eigenvalue weighted by molar-refractivity contribution is -0.151. The van der Waals surface area contributed by atoms with Gasteiger partial charge in [0.15, 0.2) is 11.9 Å². The van der Waals surface area contributed by atoms with Gasteiger partial charge < -0.3 is 9.47 Å². The molecule has 1 atom stereocenters. The van der Waals surface area contributed by atoms with E-state index in [0.717, 1.165) is 10.9 Å². The maximum Gasteiger partial charge on any atom is 0.347 e. The molecule has 0 amide bonds. The third kappa shape index (κ3) is 4.63. The van der Waals surface area contributed by atoms with Gasteiger partial charge in [0.1, 0.15) is 5.75 Å². The number of ketones is 1. The second kappa shape index (κ2) is 8.04. The van der Waals surface area contributed by atoms with E-state index in [1.54, 1.807) is 25.1 Å². The summed E-state index contributed by atoms with van der Waals surface area (Å²) in [6.07, 6.45) is 0.654. The van der Waals surface area contributed by atoms with Crippen LogP contribution in [0, 0.1) is 0 Å². The number of benzene rings is 1. The zero-order chi connectivity index (χ0) is 15.1. The fraction of sp³-hybridized carbons (Fsp3) is 0.467. The van der Waals surface area contributed by atoms with Gasteiger partial charge >= 0.3 is 5.97 Å². The van der Waals surface area contributed by atoms with E-state index in [1.165, 1.54) is 6.92 Å². The Kier molecular flexibility index (Phi) is 6.71. The summed E-state index contributed by atoms with van der Waals surface area (Å²) in [7, 11) is 0. The van der Waals surface area contributed by atoms with Crippen molar-refractivity contribution in [3.05, 3.63) is 28.2 Å². The average Bonchev–Trinajstić information content (AvgIpc) is 2.40. The number of hydrogen-bond acceptors (Lipinski definition) is 4. The Morgan fingerprint density at radius 1 is 1.30 bits per heavy atom. The molecule has 1 unspecified atom stereocenters. The number of carbonyl (C=O) groups is 2. The number of carbonyl (C=O) groups excluding carboxylic acids is 2. The number of halogens is 1. The van der Waals surface area contributed by atoms with Gasteiger partial charge in [0.2, 0.25) is 0 Å². The van der Waals surface area contributed by atoms with Crippen LogP contribution in [0.4, 0.5) is 0 Å². The monoisotopic (exact) mass is 342 g/mol. The molecule has 0 radical (unpaired) electrons. The van der Waals surface area contributed by atoms with Crippen LogP contribution in [0.15, 0.2) is 22.7 Å². The van der Waals surface area contributed by atoms with Crippen molar-refractivity contribution in [1.82, 2.24) is 0 Å². The molecule has 0 aliphatic rings. The minimum atomic E-state index is -0.681. The first-order chi connectivity index (χ1) is 9.49. The van der Waals surface area contributed by atoms with Crippen LogP contribution in [0.3, 0.4) is 0 Å². The third-order valence-corrected chi connectivity index (χ3v) is 3.18. The normalized spacial score (nSPS) is 11.8. The standard InChI is InChI=1S/C15H19BrO4/c1-4-6-14(15(18)19-5-2)20-13-8-7-11(16)9-12(13)10(3)17/h7-9,14H,4-6H2,1-3H3. The molecule has 0 heterocycles. The second-order valence-electron chi connectivity index (χ2n) is 4.34. The van der Waals surface area contributed by atoms with Crippen LogP contribution in [-0.2, 0) is 9.53 Å². The van der Waals surface area contributed by atoms with Crippen LogP contribution in [-0.4, -0.2) is 24.5 Å². The Hall–Kier alpha value is -1.36. The van der Waals surface area contributed by atoms with Crippen molar-refractivity contribution >= 4 is 27.7 Å². The molecule has 0 aliphatic heterocycles. The fourth-order valence-corrected chi connectivity index (χ4v) is 2.12. The molecule has 110 valence electrons. The van der Waals surface area contributed by atoms with E-state index in [1.807, 2.05) is 6.92 Å². The smallest absolute Gasteiger partial charge is 0.347 e. The quantitative estimate of drug-likeness (QED) is 0.559. The predicted molar refractivity (Wildman–Crippen MR) is 80.1 cm³/mol. The first kappa shape index (κ1) is 16.7. The molecular weight excluding hydrogens is 324 g/mol. The summed E-state index contributed by atoms with van der Waals surface area (Å²) >= 11 is 3.32. The molecule has 0 N–H and O–H groups in total. The summed E-state index contributed by atoms with van der Waals surface area (Å²) in [5, 5.41) is 0. The van der Waals surface area contributed by atoms with E-state index in [0.29, 0.717) is 24.3 Å². The fourth-order valence-electron chi connectivity index (χ4n) is 1.76. The summed E-state index contributed by atoms with van der Waals surface area (Å²) in [5.41, 5.74) is 0.449. The highest BCUT2D eigenvalue weighted by atomic mass is 79.9. The van der Waals surface area contributed by atoms with Crippen molar-refractivity contribution in [3.63, 3.8) is 0 Å². The van der Waals surface area contributed by atoms with Gasteiger partial charge in [-0.25, -0.2) is 4.79 Å². The van der Waals surface area contributed by atoms with Crippen LogP contribution in [0.1, 0.15) is 44.0 Å². The van der Waals surface area contributed by atoms with Crippen molar-refractivity contribution < 1.29 is 19.1 Å². The first-order valence-electron chi connectivity index (χ1n) is 6.63. The molecule has 1 rings (SSSR count). The average molecular weight is 343 g/mol. The van der Waals surface area contributed by atoms with E-state index in [2.05, 4.69) is 15.9 Å². The minimum absolute atomic E-state index is 0.111. The van der Waals surface area contributed by atoms with Gasteiger partial charge in [0.05, 0.1) is 12.2 Å². The summed E-state index contributed by atoms with van der Waals surface area (Å²) in [4.78, 5) is 23.5. The van der Waals surface area contributed by atoms with Gasteiger partial charge in [-0.05, 0) is 38.5 Å². The number of Topliss-reactive ketones (excluding diaryl/α,β-unsaturated/α-hetero) is 1. The minimum Gasteiger partial charge on any atom is -0.478 e. The molecule has 0 spiro atoms. The lowest BCUT2D eigenvalue weighted by Crippen LogP contribution is -2.29. The third-order valence-electron chi connectivity index (χ3n) is 2.69. The molecule has 0 bridgehead atoms. The number of esters is 1. The van der Waals surface area contributed by atoms with Crippen molar-refractivity contribution in [2.24, 2.45) is 0 Å². The van der Waals surface area contributed by atoms with Gasteiger partial charge in [-0.15, -0.1) is 0 Å². The van der Waals surface area contributed by atoms with E-state index < -0.39 is 12.1 Å². The number of hydrogen-bond donors (Lipinski definition) is 0. The maximum absolute atomic E-state index is 11.8. The predicted octanol–water partition coefficient (Wildman–Crippen LogP) is 3.76. The van der Waals surface area contributed by atoms with Gasteiger partial charge in [-0.2, -0.15) is 0 Å². The van der Waals surface area contributed by atoms with E-state index in [9.17, 15) is 9.59 Å². The molecule has 0 aromatic heterocycles. The highest BCUT2D eigenvalue weighted by Crippen LogP contribution is 2.25. The largest absolute Gasteiger partial charge is 0.478 e. The summed E-state index contributed by atoms with van der Waals surface area (Å²) < 4.78 is 11.5. The SMILES string of the molecule is CCCC(Oc1ccc(Br)cc1C(C)=O)C(=O)OCC. The molecule has 0 fully saturated rings. The molecule has 4 nitrogen and oxygen atoms in total. The van der Waals surface area contributed by atoms with Crippen LogP contribution in [0.25, 0.3) is 0 Å². The van der Waals surface area contributed by atoms with Crippen LogP contribution in [0.5, 0.6) is 5.75 Å². The Morgan fingerprint density at radius 3 is 2.55 bits per heavy atom. The Balaban J connectivity index is 2.98. The van der Waals surface area contributed by atoms with E-state index in [4.69, 9.17) is 9.47 Å². The molecule has 5 heteroatoms. The van der Waals surface area contributed by atoms with Crippen LogP contribution in [0.2, 0.25) is 0 Å². The van der Waals surface area contributed by atoms with Crippen molar-refractivity contribution in [2.45, 2.75) is 39.7 Å². The van der Waals surface area contributed by atoms with Gasteiger partial charge in [0, 0.05) is 4.47 Å². The highest BCUT2D eigenvalue weighted by Gasteiger charge is 2.22. The number of ether oxygens (including phenoxy) is 2. The Morgan fingerprint density at radius 2 is 2.00 bits per heavy atom. The molecule has 0 saturated heterocycles. The molecule has 1 aromatic rings. The first-order valence-corrected chi connectivity index (χ1v) is 7.42. The number of rotatable bonds is 7.